The van der Waals surface area contributed by atoms with Gasteiger partial charge in [0.05, 0.1) is 24.0 Å². The second kappa shape index (κ2) is 5.76. The third kappa shape index (κ3) is 2.49. The number of aryl methyl sites for hydroxylation is 1. The number of hydrogen-bond donors (Lipinski definition) is 1. The van der Waals surface area contributed by atoms with Crippen LogP contribution in [0.5, 0.6) is 0 Å². The van der Waals surface area contributed by atoms with Crippen LogP contribution in [-0.4, -0.2) is 34.1 Å². The first-order valence-electron chi connectivity index (χ1n) is 8.63. The maximum absolute atomic E-state index is 4.57. The van der Waals surface area contributed by atoms with Gasteiger partial charge >= 0.3 is 0 Å². The monoisotopic (exact) mass is 350 g/mol. The van der Waals surface area contributed by atoms with Gasteiger partial charge in [-0.1, -0.05) is 0 Å². The predicted octanol–water partition coefficient (Wildman–Crippen LogP) is 3.27. The van der Waals surface area contributed by atoms with Gasteiger partial charge in [-0.3, -0.25) is 4.57 Å². The molecule has 0 bridgehead atoms. The summed E-state index contributed by atoms with van der Waals surface area (Å²) in [5.41, 5.74) is 4.66. The fourth-order valence-electron chi connectivity index (χ4n) is 3.16. The molecule has 4 aromatic rings. The van der Waals surface area contributed by atoms with Crippen molar-refractivity contribution in [1.29, 1.82) is 0 Å². The lowest BCUT2D eigenvalue weighted by Gasteiger charge is -2.29. The van der Waals surface area contributed by atoms with Crippen molar-refractivity contribution < 1.29 is 0 Å². The number of nitrogens with one attached hydrogen (secondary N) is 1. The second-order valence-corrected chi connectivity index (χ2v) is 7.21. The number of pyridine rings is 1. The van der Waals surface area contributed by atoms with Crippen molar-refractivity contribution in [2.24, 2.45) is 0 Å². The Balaban J connectivity index is 1.78. The molecule has 8 heteroatoms. The molecule has 4 rings (SSSR count). The van der Waals surface area contributed by atoms with E-state index < -0.39 is 5.66 Å². The fourth-order valence-corrected chi connectivity index (χ4v) is 3.16. The number of nitrogens with zero attached hydrogens (tertiary/aromatic N) is 7. The van der Waals surface area contributed by atoms with Gasteiger partial charge in [0, 0.05) is 12.2 Å². The average molecular weight is 350 g/mol. The number of anilines is 1. The topological polar surface area (TPSA) is 86.3 Å². The standard InChI is InChI=1S/C18H22N8/c1-11(2)25-9-22-15-13(6-7-19-16(15)25)24-18(4,5)26-10-23-14-12(3)20-8-21-17(14)26/h6-11H,1-5H3,(H,19,24). The Morgan fingerprint density at radius 2 is 1.73 bits per heavy atom. The molecule has 8 nitrogen and oxygen atoms in total. The molecule has 0 aliphatic heterocycles. The first-order chi connectivity index (χ1) is 12.4. The fraction of sp³-hybridized carbons (Fsp3) is 0.389. The van der Waals surface area contributed by atoms with Crippen molar-refractivity contribution in [1.82, 2.24) is 34.1 Å². The Bertz CT molecular complexity index is 1090. The minimum Gasteiger partial charge on any atom is -0.361 e. The Morgan fingerprint density at radius 1 is 0.962 bits per heavy atom. The number of rotatable bonds is 4. The smallest absolute Gasteiger partial charge is 0.165 e. The van der Waals surface area contributed by atoms with Crippen LogP contribution in [0.3, 0.4) is 0 Å². The van der Waals surface area contributed by atoms with Crippen molar-refractivity contribution in [3.63, 3.8) is 0 Å². The molecule has 0 amide bonds. The summed E-state index contributed by atoms with van der Waals surface area (Å²) < 4.78 is 4.08. The van der Waals surface area contributed by atoms with E-state index in [4.69, 9.17) is 0 Å². The molecule has 0 spiro atoms. The molecule has 0 saturated carbocycles. The molecular weight excluding hydrogens is 328 g/mol. The summed E-state index contributed by atoms with van der Waals surface area (Å²) in [5.74, 6) is 0. The van der Waals surface area contributed by atoms with Crippen LogP contribution in [0.2, 0.25) is 0 Å². The van der Waals surface area contributed by atoms with Crippen LogP contribution in [0.4, 0.5) is 5.69 Å². The number of imidazole rings is 2. The van der Waals surface area contributed by atoms with Crippen LogP contribution in [0.25, 0.3) is 22.3 Å². The Kier molecular flexibility index (Phi) is 3.64. The zero-order valence-electron chi connectivity index (χ0n) is 15.6. The van der Waals surface area contributed by atoms with E-state index in [9.17, 15) is 0 Å². The highest BCUT2D eigenvalue weighted by Gasteiger charge is 2.25. The SMILES string of the molecule is Cc1ncnc2c1ncn2C(C)(C)Nc1ccnc2c1ncn2C(C)C. The predicted molar refractivity (Wildman–Crippen MR) is 101 cm³/mol. The van der Waals surface area contributed by atoms with E-state index in [0.29, 0.717) is 6.04 Å². The molecule has 0 atom stereocenters. The zero-order valence-corrected chi connectivity index (χ0v) is 15.6. The van der Waals surface area contributed by atoms with Gasteiger partial charge in [-0.2, -0.15) is 0 Å². The summed E-state index contributed by atoms with van der Waals surface area (Å²) in [5, 5.41) is 3.57. The summed E-state index contributed by atoms with van der Waals surface area (Å²) in [4.78, 5) is 22.2. The Labute approximate surface area is 151 Å². The van der Waals surface area contributed by atoms with Gasteiger partial charge in [0.2, 0.25) is 0 Å². The summed E-state index contributed by atoms with van der Waals surface area (Å²) in [7, 11) is 0. The van der Waals surface area contributed by atoms with Crippen molar-refractivity contribution in [2.75, 3.05) is 5.32 Å². The van der Waals surface area contributed by atoms with E-state index in [1.807, 2.05) is 23.9 Å². The van der Waals surface area contributed by atoms with Gasteiger partial charge in [0.25, 0.3) is 0 Å². The van der Waals surface area contributed by atoms with E-state index in [0.717, 1.165) is 33.7 Å². The first kappa shape index (κ1) is 16.4. The second-order valence-electron chi connectivity index (χ2n) is 7.21. The van der Waals surface area contributed by atoms with Crippen LogP contribution in [0.15, 0.2) is 31.2 Å². The van der Waals surface area contributed by atoms with Gasteiger partial charge in [-0.15, -0.1) is 0 Å². The van der Waals surface area contributed by atoms with Crippen LogP contribution < -0.4 is 5.32 Å². The molecule has 0 fully saturated rings. The molecule has 0 aliphatic carbocycles. The highest BCUT2D eigenvalue weighted by Crippen LogP contribution is 2.28. The van der Waals surface area contributed by atoms with Crippen molar-refractivity contribution in [2.45, 2.75) is 46.3 Å². The van der Waals surface area contributed by atoms with Gasteiger partial charge < -0.3 is 9.88 Å². The maximum atomic E-state index is 4.57. The third-order valence-electron chi connectivity index (χ3n) is 4.58. The van der Waals surface area contributed by atoms with Gasteiger partial charge in [-0.05, 0) is 40.7 Å². The first-order valence-corrected chi connectivity index (χ1v) is 8.63. The highest BCUT2D eigenvalue weighted by atomic mass is 15.3. The molecule has 0 saturated heterocycles. The maximum Gasteiger partial charge on any atom is 0.165 e. The van der Waals surface area contributed by atoms with Crippen LogP contribution in [-0.2, 0) is 5.66 Å². The molecule has 26 heavy (non-hydrogen) atoms. The molecule has 134 valence electrons. The Hall–Kier alpha value is -3.03. The quantitative estimate of drug-likeness (QED) is 0.608. The lowest BCUT2D eigenvalue weighted by molar-refractivity contribution is 0.422. The minimum atomic E-state index is -0.467. The Morgan fingerprint density at radius 3 is 2.50 bits per heavy atom. The molecule has 0 unspecified atom stereocenters. The van der Waals surface area contributed by atoms with E-state index in [2.05, 4.69) is 62.5 Å². The average Bonchev–Trinajstić information content (AvgIpc) is 3.20. The minimum absolute atomic E-state index is 0.299. The number of hydrogen-bond acceptors (Lipinski definition) is 6. The van der Waals surface area contributed by atoms with E-state index in [-0.39, 0.29) is 0 Å². The van der Waals surface area contributed by atoms with Crippen LogP contribution >= 0.6 is 0 Å². The molecule has 0 aromatic carbocycles. The molecular formula is C18H22N8. The molecule has 0 radical (unpaired) electrons. The van der Waals surface area contributed by atoms with E-state index >= 15 is 0 Å². The van der Waals surface area contributed by atoms with Gasteiger partial charge in [-0.25, -0.2) is 24.9 Å². The van der Waals surface area contributed by atoms with Crippen LogP contribution in [0, 0.1) is 6.92 Å². The van der Waals surface area contributed by atoms with Crippen molar-refractivity contribution >= 4 is 28.0 Å². The van der Waals surface area contributed by atoms with Gasteiger partial charge in [0.15, 0.2) is 11.3 Å². The lowest BCUT2D eigenvalue weighted by Crippen LogP contribution is -2.35. The molecule has 1 N–H and O–H groups in total. The summed E-state index contributed by atoms with van der Waals surface area (Å²) in [6.45, 7) is 10.3. The van der Waals surface area contributed by atoms with Crippen LogP contribution in [0.1, 0.15) is 39.4 Å². The van der Waals surface area contributed by atoms with Crippen molar-refractivity contribution in [3.8, 4) is 0 Å². The van der Waals surface area contributed by atoms with E-state index in [1.54, 1.807) is 18.9 Å². The largest absolute Gasteiger partial charge is 0.361 e. The lowest BCUT2D eigenvalue weighted by atomic mass is 10.2. The third-order valence-corrected chi connectivity index (χ3v) is 4.58. The molecule has 4 aromatic heterocycles. The van der Waals surface area contributed by atoms with Gasteiger partial charge in [0.1, 0.15) is 23.0 Å². The normalized spacial score (nSPS) is 12.4. The number of fused-ring (bicyclic) bond motifs is 2. The van der Waals surface area contributed by atoms with Crippen molar-refractivity contribution in [3.05, 3.63) is 36.9 Å². The zero-order chi connectivity index (χ0) is 18.5. The number of aromatic nitrogens is 7. The van der Waals surface area contributed by atoms with E-state index in [1.165, 1.54) is 0 Å². The highest BCUT2D eigenvalue weighted by molar-refractivity contribution is 5.85. The molecule has 4 heterocycles. The summed E-state index contributed by atoms with van der Waals surface area (Å²) in [6.07, 6.45) is 7.01. The summed E-state index contributed by atoms with van der Waals surface area (Å²) >= 11 is 0. The molecule has 0 aliphatic rings. The summed E-state index contributed by atoms with van der Waals surface area (Å²) in [6, 6.07) is 2.24.